The lowest BCUT2D eigenvalue weighted by atomic mass is 9.94. The van der Waals surface area contributed by atoms with Gasteiger partial charge in [-0.1, -0.05) is 12.1 Å². The van der Waals surface area contributed by atoms with Gasteiger partial charge in [0.1, 0.15) is 5.75 Å². The van der Waals surface area contributed by atoms with Crippen molar-refractivity contribution in [2.45, 2.75) is 12.8 Å². The standard InChI is InChI=1S/C11H15NO/c1-2-13-11-5-3-4-9(6-11)10-7-12-8-10/h3-6,10,12H,2,7-8H2,1H3. The topological polar surface area (TPSA) is 21.3 Å². The minimum Gasteiger partial charge on any atom is -0.494 e. The van der Waals surface area contributed by atoms with Gasteiger partial charge in [0, 0.05) is 19.0 Å². The molecule has 1 saturated heterocycles. The van der Waals surface area contributed by atoms with Crippen LogP contribution in [0.15, 0.2) is 24.3 Å². The van der Waals surface area contributed by atoms with Crippen molar-refractivity contribution in [3.8, 4) is 5.75 Å². The van der Waals surface area contributed by atoms with Gasteiger partial charge in [0.05, 0.1) is 6.61 Å². The fourth-order valence-corrected chi connectivity index (χ4v) is 1.55. The monoisotopic (exact) mass is 177 g/mol. The Labute approximate surface area is 78.9 Å². The summed E-state index contributed by atoms with van der Waals surface area (Å²) in [6, 6.07) is 8.40. The van der Waals surface area contributed by atoms with E-state index in [9.17, 15) is 0 Å². The number of ether oxygens (including phenoxy) is 1. The molecule has 1 heterocycles. The van der Waals surface area contributed by atoms with Gasteiger partial charge in [-0.15, -0.1) is 0 Å². The van der Waals surface area contributed by atoms with Crippen LogP contribution in [0.5, 0.6) is 5.75 Å². The number of nitrogens with one attached hydrogen (secondary N) is 1. The van der Waals surface area contributed by atoms with E-state index in [-0.39, 0.29) is 0 Å². The molecule has 13 heavy (non-hydrogen) atoms. The fourth-order valence-electron chi connectivity index (χ4n) is 1.55. The second-order valence-electron chi connectivity index (χ2n) is 3.36. The van der Waals surface area contributed by atoms with E-state index >= 15 is 0 Å². The van der Waals surface area contributed by atoms with E-state index in [0.717, 1.165) is 25.4 Å². The average molecular weight is 177 g/mol. The summed E-state index contributed by atoms with van der Waals surface area (Å²) in [5.41, 5.74) is 1.39. The lowest BCUT2D eigenvalue weighted by Crippen LogP contribution is -2.39. The smallest absolute Gasteiger partial charge is 0.119 e. The Morgan fingerprint density at radius 3 is 2.92 bits per heavy atom. The molecule has 0 amide bonds. The van der Waals surface area contributed by atoms with Crippen LogP contribution < -0.4 is 10.1 Å². The first-order chi connectivity index (χ1) is 6.40. The summed E-state index contributed by atoms with van der Waals surface area (Å²) in [6.45, 7) is 4.97. The predicted molar refractivity (Wildman–Crippen MR) is 53.2 cm³/mol. The average Bonchev–Trinajstić information content (AvgIpc) is 2.02. The Kier molecular flexibility index (Phi) is 2.50. The number of hydrogen-bond acceptors (Lipinski definition) is 2. The molecule has 0 atom stereocenters. The molecule has 1 aliphatic heterocycles. The summed E-state index contributed by atoms with van der Waals surface area (Å²) in [5, 5.41) is 3.27. The van der Waals surface area contributed by atoms with Crippen molar-refractivity contribution >= 4 is 0 Å². The zero-order valence-corrected chi connectivity index (χ0v) is 7.92. The molecule has 2 heteroatoms. The van der Waals surface area contributed by atoms with Crippen molar-refractivity contribution in [2.24, 2.45) is 0 Å². The molecule has 2 nitrogen and oxygen atoms in total. The molecule has 1 aromatic carbocycles. The van der Waals surface area contributed by atoms with Crippen molar-refractivity contribution in [3.63, 3.8) is 0 Å². The zero-order chi connectivity index (χ0) is 9.10. The van der Waals surface area contributed by atoms with Crippen LogP contribution in [0.2, 0.25) is 0 Å². The molecule has 1 N–H and O–H groups in total. The van der Waals surface area contributed by atoms with Gasteiger partial charge in [-0.05, 0) is 24.6 Å². The Morgan fingerprint density at radius 1 is 1.46 bits per heavy atom. The highest BCUT2D eigenvalue weighted by atomic mass is 16.5. The molecule has 1 aliphatic rings. The molecule has 0 aliphatic carbocycles. The minimum absolute atomic E-state index is 0.695. The third-order valence-corrected chi connectivity index (χ3v) is 2.42. The van der Waals surface area contributed by atoms with Crippen molar-refractivity contribution in [2.75, 3.05) is 19.7 Å². The van der Waals surface area contributed by atoms with Crippen LogP contribution in [0.1, 0.15) is 18.4 Å². The third kappa shape index (κ3) is 1.83. The van der Waals surface area contributed by atoms with E-state index in [0.29, 0.717) is 5.92 Å². The largest absolute Gasteiger partial charge is 0.494 e. The molecular weight excluding hydrogens is 162 g/mol. The predicted octanol–water partition coefficient (Wildman–Crippen LogP) is 1.77. The molecular formula is C11H15NO. The van der Waals surface area contributed by atoms with Gasteiger partial charge in [-0.3, -0.25) is 0 Å². The molecule has 0 spiro atoms. The van der Waals surface area contributed by atoms with E-state index in [4.69, 9.17) is 4.74 Å². The van der Waals surface area contributed by atoms with Crippen molar-refractivity contribution in [1.82, 2.24) is 5.32 Å². The fraction of sp³-hybridized carbons (Fsp3) is 0.455. The van der Waals surface area contributed by atoms with Gasteiger partial charge in [-0.2, -0.15) is 0 Å². The first-order valence-corrected chi connectivity index (χ1v) is 4.83. The van der Waals surface area contributed by atoms with Crippen LogP contribution >= 0.6 is 0 Å². The SMILES string of the molecule is CCOc1cccc(C2CNC2)c1. The van der Waals surface area contributed by atoms with Crippen molar-refractivity contribution < 1.29 is 4.74 Å². The molecule has 70 valence electrons. The molecule has 2 rings (SSSR count). The van der Waals surface area contributed by atoms with Crippen LogP contribution in [0.3, 0.4) is 0 Å². The maximum atomic E-state index is 5.44. The summed E-state index contributed by atoms with van der Waals surface area (Å²) in [7, 11) is 0. The van der Waals surface area contributed by atoms with E-state index < -0.39 is 0 Å². The maximum absolute atomic E-state index is 5.44. The second-order valence-corrected chi connectivity index (χ2v) is 3.36. The molecule has 0 aromatic heterocycles. The maximum Gasteiger partial charge on any atom is 0.119 e. The quantitative estimate of drug-likeness (QED) is 0.759. The van der Waals surface area contributed by atoms with Crippen molar-refractivity contribution in [3.05, 3.63) is 29.8 Å². The summed E-state index contributed by atoms with van der Waals surface area (Å²) in [4.78, 5) is 0. The number of benzene rings is 1. The molecule has 0 radical (unpaired) electrons. The number of hydrogen-bond donors (Lipinski definition) is 1. The van der Waals surface area contributed by atoms with Gasteiger partial charge < -0.3 is 10.1 Å². The van der Waals surface area contributed by atoms with E-state index in [1.165, 1.54) is 5.56 Å². The summed E-state index contributed by atoms with van der Waals surface area (Å²) in [5.74, 6) is 1.69. The molecule has 1 aromatic rings. The Hall–Kier alpha value is -1.02. The van der Waals surface area contributed by atoms with Gasteiger partial charge in [0.25, 0.3) is 0 Å². The van der Waals surface area contributed by atoms with E-state index in [1.807, 2.05) is 13.0 Å². The summed E-state index contributed by atoms with van der Waals surface area (Å²) >= 11 is 0. The van der Waals surface area contributed by atoms with E-state index in [2.05, 4.69) is 23.5 Å². The highest BCUT2D eigenvalue weighted by Crippen LogP contribution is 2.23. The summed E-state index contributed by atoms with van der Waals surface area (Å²) in [6.07, 6.45) is 0. The Bertz CT molecular complexity index is 281. The van der Waals surface area contributed by atoms with Crippen LogP contribution in [-0.4, -0.2) is 19.7 Å². The van der Waals surface area contributed by atoms with Gasteiger partial charge in [0.15, 0.2) is 0 Å². The van der Waals surface area contributed by atoms with E-state index in [1.54, 1.807) is 0 Å². The van der Waals surface area contributed by atoms with Crippen LogP contribution in [-0.2, 0) is 0 Å². The molecule has 1 fully saturated rings. The van der Waals surface area contributed by atoms with Crippen LogP contribution in [0.4, 0.5) is 0 Å². The third-order valence-electron chi connectivity index (χ3n) is 2.42. The lowest BCUT2D eigenvalue weighted by molar-refractivity contribution is 0.339. The minimum atomic E-state index is 0.695. The Morgan fingerprint density at radius 2 is 2.31 bits per heavy atom. The van der Waals surface area contributed by atoms with Crippen LogP contribution in [0.25, 0.3) is 0 Å². The molecule has 0 saturated carbocycles. The highest BCUT2D eigenvalue weighted by Gasteiger charge is 2.18. The normalized spacial score (nSPS) is 16.7. The Balaban J connectivity index is 2.11. The number of rotatable bonds is 3. The first-order valence-electron chi connectivity index (χ1n) is 4.83. The van der Waals surface area contributed by atoms with Gasteiger partial charge in [-0.25, -0.2) is 0 Å². The van der Waals surface area contributed by atoms with Crippen LogP contribution in [0, 0.1) is 0 Å². The van der Waals surface area contributed by atoms with Gasteiger partial charge >= 0.3 is 0 Å². The highest BCUT2D eigenvalue weighted by molar-refractivity contribution is 5.32. The van der Waals surface area contributed by atoms with Crippen molar-refractivity contribution in [1.29, 1.82) is 0 Å². The first kappa shape index (κ1) is 8.57. The molecule has 0 bridgehead atoms. The van der Waals surface area contributed by atoms with Gasteiger partial charge in [0.2, 0.25) is 0 Å². The summed E-state index contributed by atoms with van der Waals surface area (Å²) < 4.78 is 5.44. The second kappa shape index (κ2) is 3.79. The molecule has 0 unspecified atom stereocenters. The lowest BCUT2D eigenvalue weighted by Gasteiger charge is -2.27. The zero-order valence-electron chi connectivity index (χ0n) is 7.92.